The molecule has 0 aliphatic carbocycles. The Balaban J connectivity index is 3.25. The zero-order valence-corrected chi connectivity index (χ0v) is 7.05. The second-order valence-corrected chi connectivity index (χ2v) is 2.27. The molecule has 0 aliphatic rings. The van der Waals surface area contributed by atoms with Crippen LogP contribution < -0.4 is 0 Å². The molecule has 0 aliphatic heterocycles. The smallest absolute Gasteiger partial charge is 0.160 e. The maximum absolute atomic E-state index is 10.9. The van der Waals surface area contributed by atoms with Crippen molar-refractivity contribution in [2.45, 2.75) is 13.3 Å². The molecule has 64 valence electrons. The summed E-state index contributed by atoms with van der Waals surface area (Å²) in [7, 11) is 1.54. The number of carbonyl (C=O) groups is 1. The van der Waals surface area contributed by atoms with Crippen LogP contribution in [0, 0.1) is 0 Å². The van der Waals surface area contributed by atoms with E-state index in [1.165, 1.54) is 0 Å². The average Bonchev–Trinajstić information content (AvgIpc) is 1.97. The first kappa shape index (κ1) is 10.3. The van der Waals surface area contributed by atoms with Gasteiger partial charge in [0.05, 0.1) is 6.61 Å². The lowest BCUT2D eigenvalue weighted by atomic mass is 10.2. The van der Waals surface area contributed by atoms with E-state index in [1.54, 1.807) is 14.0 Å². The van der Waals surface area contributed by atoms with Gasteiger partial charge in [0.1, 0.15) is 6.79 Å². The Morgan fingerprint density at radius 1 is 1.55 bits per heavy atom. The van der Waals surface area contributed by atoms with Crippen LogP contribution >= 0.6 is 0 Å². The molecule has 0 amide bonds. The third kappa shape index (κ3) is 5.76. The number of carbonyl (C=O) groups excluding carboxylic acids is 1. The lowest BCUT2D eigenvalue weighted by Crippen LogP contribution is -2.05. The maximum atomic E-state index is 10.9. The third-order valence-corrected chi connectivity index (χ3v) is 1.15. The van der Waals surface area contributed by atoms with Crippen LogP contribution in [0.2, 0.25) is 0 Å². The number of allylic oxidation sites excluding steroid dienone is 1. The van der Waals surface area contributed by atoms with Gasteiger partial charge in [0.15, 0.2) is 5.78 Å². The maximum Gasteiger partial charge on any atom is 0.160 e. The highest BCUT2D eigenvalue weighted by Gasteiger charge is 2.00. The summed E-state index contributed by atoms with van der Waals surface area (Å²) < 4.78 is 9.55. The quantitative estimate of drug-likeness (QED) is 0.330. The molecule has 0 bridgehead atoms. The van der Waals surface area contributed by atoms with Crippen LogP contribution in [-0.4, -0.2) is 26.3 Å². The van der Waals surface area contributed by atoms with Crippen molar-refractivity contribution in [3.63, 3.8) is 0 Å². The zero-order valence-electron chi connectivity index (χ0n) is 7.05. The van der Waals surface area contributed by atoms with E-state index >= 15 is 0 Å². The fourth-order valence-electron chi connectivity index (χ4n) is 0.521. The second kappa shape index (κ2) is 6.07. The largest absolute Gasteiger partial charge is 0.359 e. The Hall–Kier alpha value is -0.670. The Morgan fingerprint density at radius 2 is 2.18 bits per heavy atom. The van der Waals surface area contributed by atoms with Crippen molar-refractivity contribution in [3.8, 4) is 0 Å². The molecule has 0 aromatic carbocycles. The van der Waals surface area contributed by atoms with Gasteiger partial charge in [-0.05, 0) is 12.5 Å². The van der Waals surface area contributed by atoms with E-state index < -0.39 is 0 Å². The molecule has 0 spiro atoms. The highest BCUT2D eigenvalue weighted by molar-refractivity contribution is 5.94. The van der Waals surface area contributed by atoms with Crippen molar-refractivity contribution >= 4 is 5.78 Å². The monoisotopic (exact) mass is 158 g/mol. The van der Waals surface area contributed by atoms with E-state index in [-0.39, 0.29) is 12.6 Å². The highest BCUT2D eigenvalue weighted by Crippen LogP contribution is 1.95. The average molecular weight is 158 g/mol. The molecule has 0 saturated carbocycles. The van der Waals surface area contributed by atoms with Crippen LogP contribution in [-0.2, 0) is 14.3 Å². The van der Waals surface area contributed by atoms with Crippen LogP contribution in [0.25, 0.3) is 0 Å². The van der Waals surface area contributed by atoms with E-state index in [2.05, 4.69) is 11.3 Å². The minimum atomic E-state index is 0.0427. The molecule has 0 atom stereocenters. The summed E-state index contributed by atoms with van der Waals surface area (Å²) in [6, 6.07) is 0. The van der Waals surface area contributed by atoms with Gasteiger partial charge < -0.3 is 9.47 Å². The molecule has 0 radical (unpaired) electrons. The summed E-state index contributed by atoms with van der Waals surface area (Å²) >= 11 is 0. The fraction of sp³-hybridized carbons (Fsp3) is 0.625. The summed E-state index contributed by atoms with van der Waals surface area (Å²) in [6.45, 7) is 5.85. The number of hydrogen-bond donors (Lipinski definition) is 0. The molecule has 0 heterocycles. The van der Waals surface area contributed by atoms with Gasteiger partial charge in [-0.1, -0.05) is 6.58 Å². The predicted octanol–water partition coefficient (Wildman–Crippen LogP) is 1.14. The van der Waals surface area contributed by atoms with Gasteiger partial charge in [-0.2, -0.15) is 0 Å². The minimum Gasteiger partial charge on any atom is -0.359 e. The van der Waals surface area contributed by atoms with Crippen LogP contribution in [0.4, 0.5) is 0 Å². The van der Waals surface area contributed by atoms with Crippen LogP contribution in [0.15, 0.2) is 12.2 Å². The summed E-state index contributed by atoms with van der Waals surface area (Å²) in [6.07, 6.45) is 0.388. The van der Waals surface area contributed by atoms with Crippen molar-refractivity contribution in [2.24, 2.45) is 0 Å². The first-order chi connectivity index (χ1) is 5.18. The van der Waals surface area contributed by atoms with Gasteiger partial charge in [-0.15, -0.1) is 0 Å². The first-order valence-electron chi connectivity index (χ1n) is 3.44. The summed E-state index contributed by atoms with van der Waals surface area (Å²) in [5.41, 5.74) is 0.575. The summed E-state index contributed by atoms with van der Waals surface area (Å²) in [4.78, 5) is 10.9. The van der Waals surface area contributed by atoms with Gasteiger partial charge in [-0.25, -0.2) is 0 Å². The molecular formula is C8H14O3. The zero-order chi connectivity index (χ0) is 8.69. The molecular weight excluding hydrogens is 144 g/mol. The number of methoxy groups -OCH3 is 1. The molecule has 3 nitrogen and oxygen atoms in total. The normalized spacial score (nSPS) is 9.64. The van der Waals surface area contributed by atoms with E-state index in [1.807, 2.05) is 0 Å². The lowest BCUT2D eigenvalue weighted by Gasteiger charge is -2.00. The van der Waals surface area contributed by atoms with Crippen molar-refractivity contribution in [2.75, 3.05) is 20.5 Å². The van der Waals surface area contributed by atoms with Gasteiger partial charge in [0, 0.05) is 13.5 Å². The van der Waals surface area contributed by atoms with E-state index in [0.717, 1.165) is 0 Å². The van der Waals surface area contributed by atoms with Crippen LogP contribution in [0.3, 0.4) is 0 Å². The Morgan fingerprint density at radius 3 is 2.64 bits per heavy atom. The number of ether oxygens (including phenoxy) is 2. The highest BCUT2D eigenvalue weighted by atomic mass is 16.7. The number of Topliss-reactive ketones (excluding diaryl/α,β-unsaturated/α-hetero) is 1. The summed E-state index contributed by atoms with van der Waals surface area (Å²) in [5, 5.41) is 0. The summed E-state index contributed by atoms with van der Waals surface area (Å²) in [5.74, 6) is 0.0427. The number of ketones is 1. The van der Waals surface area contributed by atoms with E-state index in [9.17, 15) is 4.79 Å². The molecule has 0 rings (SSSR count). The van der Waals surface area contributed by atoms with Crippen molar-refractivity contribution < 1.29 is 14.3 Å². The number of hydrogen-bond acceptors (Lipinski definition) is 3. The van der Waals surface area contributed by atoms with Crippen LogP contribution in [0.5, 0.6) is 0 Å². The molecule has 11 heavy (non-hydrogen) atoms. The fourth-order valence-corrected chi connectivity index (χ4v) is 0.521. The van der Waals surface area contributed by atoms with Gasteiger partial charge in [0.25, 0.3) is 0 Å². The SMILES string of the molecule is C=C(C)C(=O)CCOCOC. The molecule has 0 fully saturated rings. The Kier molecular flexibility index (Phi) is 5.70. The molecule has 0 aromatic rings. The first-order valence-corrected chi connectivity index (χ1v) is 3.44. The van der Waals surface area contributed by atoms with Crippen LogP contribution in [0.1, 0.15) is 13.3 Å². The molecule has 0 unspecified atom stereocenters. The Bertz CT molecular complexity index is 140. The van der Waals surface area contributed by atoms with Gasteiger partial charge >= 0.3 is 0 Å². The molecule has 0 N–H and O–H groups in total. The molecule has 0 aromatic heterocycles. The predicted molar refractivity (Wildman–Crippen MR) is 42.3 cm³/mol. The lowest BCUT2D eigenvalue weighted by molar-refractivity contribution is -0.117. The van der Waals surface area contributed by atoms with Crippen molar-refractivity contribution in [1.29, 1.82) is 0 Å². The minimum absolute atomic E-state index is 0.0427. The van der Waals surface area contributed by atoms with E-state index in [4.69, 9.17) is 4.74 Å². The van der Waals surface area contributed by atoms with E-state index in [0.29, 0.717) is 18.6 Å². The molecule has 3 heteroatoms. The van der Waals surface area contributed by atoms with Crippen molar-refractivity contribution in [1.82, 2.24) is 0 Å². The standard InChI is InChI=1S/C8H14O3/c1-7(2)8(9)4-5-11-6-10-3/h1,4-6H2,2-3H3. The van der Waals surface area contributed by atoms with Gasteiger partial charge in [-0.3, -0.25) is 4.79 Å². The molecule has 0 saturated heterocycles. The number of rotatable bonds is 6. The topological polar surface area (TPSA) is 35.5 Å². The second-order valence-electron chi connectivity index (χ2n) is 2.27. The third-order valence-electron chi connectivity index (χ3n) is 1.15. The van der Waals surface area contributed by atoms with Gasteiger partial charge in [0.2, 0.25) is 0 Å². The van der Waals surface area contributed by atoms with Crippen molar-refractivity contribution in [3.05, 3.63) is 12.2 Å². The Labute approximate surface area is 67.0 Å².